The summed E-state index contributed by atoms with van der Waals surface area (Å²) < 4.78 is 27.2. The maximum Gasteiger partial charge on any atom is 0.260 e. The number of unbranched alkanes of at least 4 members (excludes halogenated alkanes) is 2. The summed E-state index contributed by atoms with van der Waals surface area (Å²) in [6, 6.07) is 3.48. The van der Waals surface area contributed by atoms with Gasteiger partial charge in [0, 0.05) is 19.3 Å². The van der Waals surface area contributed by atoms with Crippen molar-refractivity contribution in [2.75, 3.05) is 30.4 Å². The van der Waals surface area contributed by atoms with E-state index in [9.17, 15) is 8.42 Å². The highest BCUT2D eigenvalue weighted by Gasteiger charge is 2.19. The Labute approximate surface area is 132 Å². The van der Waals surface area contributed by atoms with E-state index in [-0.39, 0.29) is 5.03 Å². The van der Waals surface area contributed by atoms with Gasteiger partial charge in [-0.25, -0.2) is 18.1 Å². The first-order valence-electron chi connectivity index (χ1n) is 7.29. The Morgan fingerprint density at radius 2 is 2.05 bits per heavy atom. The smallest absolute Gasteiger partial charge is 0.260 e. The largest absolute Gasteiger partial charge is 0.383 e. The van der Waals surface area contributed by atoms with Gasteiger partial charge < -0.3 is 5.32 Å². The van der Waals surface area contributed by atoms with E-state index in [1.807, 2.05) is 18.7 Å². The number of pyridine rings is 1. The molecule has 0 fully saturated rings. The van der Waals surface area contributed by atoms with E-state index in [0.717, 1.165) is 38.0 Å². The summed E-state index contributed by atoms with van der Waals surface area (Å²) in [5.41, 5.74) is 0.564. The highest BCUT2D eigenvalue weighted by atomic mass is 32.2. The normalized spacial score (nSPS) is 11.5. The Morgan fingerprint density at radius 3 is 2.76 bits per heavy atom. The van der Waals surface area contributed by atoms with Gasteiger partial charge in [-0.15, -0.1) is 0 Å². The second-order valence-corrected chi connectivity index (χ2v) is 7.40. The van der Waals surface area contributed by atoms with Gasteiger partial charge in [-0.05, 0) is 43.4 Å². The van der Waals surface area contributed by atoms with Crippen LogP contribution in [0.3, 0.4) is 0 Å². The van der Waals surface area contributed by atoms with E-state index in [0.29, 0.717) is 12.2 Å². The molecule has 0 aliphatic carbocycles. The number of thioether (sulfide) groups is 1. The zero-order valence-corrected chi connectivity index (χ0v) is 14.4. The summed E-state index contributed by atoms with van der Waals surface area (Å²) >= 11 is 1.81. The molecule has 1 rings (SSSR count). The van der Waals surface area contributed by atoms with Gasteiger partial charge in [0.15, 0.2) is 5.03 Å². The number of aromatic nitrogens is 1. The van der Waals surface area contributed by atoms with Crippen molar-refractivity contribution in [1.29, 1.82) is 0 Å². The minimum atomic E-state index is -3.54. The Balaban J connectivity index is 2.57. The lowest BCUT2D eigenvalue weighted by molar-refractivity contribution is 0.573. The van der Waals surface area contributed by atoms with Crippen molar-refractivity contribution < 1.29 is 8.42 Å². The zero-order valence-electron chi connectivity index (χ0n) is 12.8. The molecule has 0 radical (unpaired) electrons. The Hall–Kier alpha value is -0.790. The fourth-order valence-corrected chi connectivity index (χ4v) is 3.49. The average molecular weight is 332 g/mol. The minimum Gasteiger partial charge on any atom is -0.383 e. The molecule has 0 bridgehead atoms. The molecule has 0 amide bonds. The van der Waals surface area contributed by atoms with Crippen LogP contribution in [0.5, 0.6) is 0 Å². The molecule has 5 nitrogen and oxygen atoms in total. The molecule has 7 heteroatoms. The summed E-state index contributed by atoms with van der Waals surface area (Å²) in [5, 5.41) is 3.19. The lowest BCUT2D eigenvalue weighted by Crippen LogP contribution is -2.26. The molecule has 1 aromatic rings. The van der Waals surface area contributed by atoms with E-state index >= 15 is 0 Å². The second kappa shape index (κ2) is 10.0. The van der Waals surface area contributed by atoms with E-state index < -0.39 is 10.0 Å². The molecule has 2 N–H and O–H groups in total. The number of hydrogen-bond acceptors (Lipinski definition) is 5. The van der Waals surface area contributed by atoms with Crippen LogP contribution in [0.4, 0.5) is 5.69 Å². The van der Waals surface area contributed by atoms with Gasteiger partial charge in [0.1, 0.15) is 0 Å². The predicted molar refractivity (Wildman–Crippen MR) is 90.4 cm³/mol. The number of nitrogens with zero attached hydrogens (tertiary/aromatic N) is 1. The van der Waals surface area contributed by atoms with Gasteiger partial charge in [-0.2, -0.15) is 11.8 Å². The predicted octanol–water partition coefficient (Wildman–Crippen LogP) is 2.72. The summed E-state index contributed by atoms with van der Waals surface area (Å²) in [5.74, 6) is 1.12. The number of rotatable bonds is 11. The summed E-state index contributed by atoms with van der Waals surface area (Å²) in [7, 11) is -3.54. The van der Waals surface area contributed by atoms with Crippen LogP contribution < -0.4 is 10.0 Å². The van der Waals surface area contributed by atoms with Crippen molar-refractivity contribution in [3.8, 4) is 0 Å². The topological polar surface area (TPSA) is 71.1 Å². The molecule has 0 aliphatic heterocycles. The third kappa shape index (κ3) is 6.67. The van der Waals surface area contributed by atoms with E-state index in [1.54, 1.807) is 12.1 Å². The lowest BCUT2D eigenvalue weighted by atomic mass is 10.2. The number of nitrogens with one attached hydrogen (secondary N) is 2. The first-order chi connectivity index (χ1) is 10.1. The van der Waals surface area contributed by atoms with Gasteiger partial charge in [0.25, 0.3) is 10.0 Å². The Morgan fingerprint density at radius 1 is 1.24 bits per heavy atom. The quantitative estimate of drug-likeness (QED) is 0.610. The molecule has 0 saturated carbocycles. The van der Waals surface area contributed by atoms with Crippen molar-refractivity contribution >= 4 is 27.5 Å². The molecule has 0 saturated heterocycles. The first-order valence-corrected chi connectivity index (χ1v) is 10.2. The molecule has 0 spiro atoms. The van der Waals surface area contributed by atoms with Crippen molar-refractivity contribution in [3.05, 3.63) is 18.3 Å². The van der Waals surface area contributed by atoms with Crippen LogP contribution in [-0.2, 0) is 10.0 Å². The van der Waals surface area contributed by atoms with Crippen LogP contribution in [0.25, 0.3) is 0 Å². The van der Waals surface area contributed by atoms with Gasteiger partial charge in [-0.3, -0.25) is 0 Å². The Kier molecular flexibility index (Phi) is 8.72. The second-order valence-electron chi connectivity index (χ2n) is 4.73. The monoisotopic (exact) mass is 331 g/mol. The van der Waals surface area contributed by atoms with Gasteiger partial charge in [-0.1, -0.05) is 13.3 Å². The van der Waals surface area contributed by atoms with Gasteiger partial charge >= 0.3 is 0 Å². The van der Waals surface area contributed by atoms with Crippen LogP contribution in [-0.4, -0.2) is 38.5 Å². The molecule has 0 atom stereocenters. The fourth-order valence-electron chi connectivity index (χ4n) is 1.82. The highest BCUT2D eigenvalue weighted by molar-refractivity contribution is 7.98. The van der Waals surface area contributed by atoms with E-state index in [4.69, 9.17) is 0 Å². The SMILES string of the molecule is CCCNc1cccnc1S(=O)(=O)NCCCCCSC. The van der Waals surface area contributed by atoms with Crippen LogP contribution in [0, 0.1) is 0 Å². The maximum atomic E-state index is 12.3. The summed E-state index contributed by atoms with van der Waals surface area (Å²) in [4.78, 5) is 4.02. The molecule has 0 unspecified atom stereocenters. The van der Waals surface area contributed by atoms with Crippen LogP contribution in [0.1, 0.15) is 32.6 Å². The molecular weight excluding hydrogens is 306 g/mol. The van der Waals surface area contributed by atoms with Crippen LogP contribution in [0.15, 0.2) is 23.4 Å². The third-order valence-corrected chi connectivity index (χ3v) is 5.02. The molecule has 21 heavy (non-hydrogen) atoms. The lowest BCUT2D eigenvalue weighted by Gasteiger charge is -2.11. The average Bonchev–Trinajstić information content (AvgIpc) is 2.49. The maximum absolute atomic E-state index is 12.3. The molecule has 120 valence electrons. The zero-order chi connectivity index (χ0) is 15.6. The number of hydrogen-bond donors (Lipinski definition) is 2. The Bertz CT molecular complexity index is 507. The van der Waals surface area contributed by atoms with Gasteiger partial charge in [0.2, 0.25) is 0 Å². The van der Waals surface area contributed by atoms with Crippen LogP contribution >= 0.6 is 11.8 Å². The van der Waals surface area contributed by atoms with Crippen molar-refractivity contribution in [2.45, 2.75) is 37.6 Å². The fraction of sp³-hybridized carbons (Fsp3) is 0.643. The standard InChI is InChI=1S/C14H25N3O2S2/c1-3-9-15-13-8-7-10-16-14(13)21(18,19)17-11-5-4-6-12-20-2/h7-8,10,15,17H,3-6,9,11-12H2,1-2H3. The van der Waals surface area contributed by atoms with E-state index in [1.165, 1.54) is 6.20 Å². The molecule has 0 aromatic carbocycles. The van der Waals surface area contributed by atoms with Crippen molar-refractivity contribution in [2.24, 2.45) is 0 Å². The summed E-state index contributed by atoms with van der Waals surface area (Å²) in [6.45, 7) is 3.22. The molecule has 1 heterocycles. The molecule has 1 aromatic heterocycles. The van der Waals surface area contributed by atoms with Gasteiger partial charge in [0.05, 0.1) is 5.69 Å². The third-order valence-electron chi connectivity index (χ3n) is 2.91. The highest BCUT2D eigenvalue weighted by Crippen LogP contribution is 2.17. The molecular formula is C14H25N3O2S2. The van der Waals surface area contributed by atoms with Crippen LogP contribution in [0.2, 0.25) is 0 Å². The first kappa shape index (κ1) is 18.3. The van der Waals surface area contributed by atoms with Crippen molar-refractivity contribution in [1.82, 2.24) is 9.71 Å². The minimum absolute atomic E-state index is 0.0857. The number of anilines is 1. The van der Waals surface area contributed by atoms with Crippen molar-refractivity contribution in [3.63, 3.8) is 0 Å². The number of sulfonamides is 1. The summed E-state index contributed by atoms with van der Waals surface area (Å²) in [6.07, 6.45) is 7.52. The van der Waals surface area contributed by atoms with E-state index in [2.05, 4.69) is 21.3 Å². The molecule has 0 aliphatic rings.